The zero-order valence-corrected chi connectivity index (χ0v) is 12.0. The normalized spacial score (nSPS) is 12.3. The first kappa shape index (κ1) is 14.5. The fourth-order valence-corrected chi connectivity index (χ4v) is 3.59. The topological polar surface area (TPSA) is 124 Å². The van der Waals surface area contributed by atoms with Gasteiger partial charge >= 0.3 is 0 Å². The second-order valence-corrected chi connectivity index (χ2v) is 7.10. The Morgan fingerprint density at radius 1 is 1.15 bits per heavy atom. The highest BCUT2D eigenvalue weighted by Gasteiger charge is 2.22. The Bertz CT molecular complexity index is 840. The summed E-state index contributed by atoms with van der Waals surface area (Å²) >= 11 is 0. The summed E-state index contributed by atoms with van der Waals surface area (Å²) in [5.41, 5.74) is -0.115. The fraction of sp³-hybridized carbons (Fsp3) is 0.100. The average Bonchev–Trinajstić information content (AvgIpc) is 2.75. The number of rotatable bonds is 4. The van der Waals surface area contributed by atoms with Crippen molar-refractivity contribution in [3.63, 3.8) is 0 Å². The van der Waals surface area contributed by atoms with Crippen LogP contribution in [0, 0.1) is 0 Å². The summed E-state index contributed by atoms with van der Waals surface area (Å²) < 4.78 is 50.5. The Balaban J connectivity index is 2.49. The summed E-state index contributed by atoms with van der Waals surface area (Å²) in [5.74, 6) is 0. The lowest BCUT2D eigenvalue weighted by molar-refractivity contribution is 0.582. The molecule has 0 fully saturated rings. The van der Waals surface area contributed by atoms with Gasteiger partial charge in [0.25, 0.3) is 10.0 Å². The molecule has 0 unspecified atom stereocenters. The third kappa shape index (κ3) is 2.81. The molecule has 0 saturated carbocycles. The molecule has 0 atom stereocenters. The van der Waals surface area contributed by atoms with Gasteiger partial charge in [0.15, 0.2) is 5.03 Å². The SMILES string of the molecule is Cn1nccc1S(=O)(=O)Nc1ccccc1S(N)(=O)=O. The summed E-state index contributed by atoms with van der Waals surface area (Å²) in [6.45, 7) is 0. The van der Waals surface area contributed by atoms with Crippen LogP contribution in [0.15, 0.2) is 46.5 Å². The Labute approximate surface area is 116 Å². The number of aryl methyl sites for hydroxylation is 1. The van der Waals surface area contributed by atoms with Crippen LogP contribution in [0.2, 0.25) is 0 Å². The van der Waals surface area contributed by atoms with Crippen molar-refractivity contribution >= 4 is 25.7 Å². The molecule has 0 amide bonds. The van der Waals surface area contributed by atoms with Crippen LogP contribution >= 0.6 is 0 Å². The first-order valence-electron chi connectivity index (χ1n) is 5.34. The number of benzene rings is 1. The average molecular weight is 316 g/mol. The molecule has 1 aromatic heterocycles. The van der Waals surface area contributed by atoms with Crippen molar-refractivity contribution in [2.24, 2.45) is 12.2 Å². The van der Waals surface area contributed by atoms with Crippen molar-refractivity contribution in [2.45, 2.75) is 9.92 Å². The number of anilines is 1. The molecule has 8 nitrogen and oxygen atoms in total. The fourth-order valence-electron chi connectivity index (χ4n) is 1.62. The van der Waals surface area contributed by atoms with Gasteiger partial charge in [-0.15, -0.1) is 0 Å². The van der Waals surface area contributed by atoms with E-state index in [1.54, 1.807) is 0 Å². The van der Waals surface area contributed by atoms with Gasteiger partial charge in [0, 0.05) is 7.05 Å². The molecule has 0 aliphatic heterocycles. The van der Waals surface area contributed by atoms with Gasteiger partial charge in [-0.2, -0.15) is 13.5 Å². The van der Waals surface area contributed by atoms with Crippen molar-refractivity contribution in [2.75, 3.05) is 4.72 Å². The van der Waals surface area contributed by atoms with E-state index in [1.165, 1.54) is 43.6 Å². The summed E-state index contributed by atoms with van der Waals surface area (Å²) in [5, 5.41) is 8.70. The molecule has 0 saturated heterocycles. The summed E-state index contributed by atoms with van der Waals surface area (Å²) in [7, 11) is -6.53. The minimum absolute atomic E-state index is 0.0956. The molecule has 3 N–H and O–H groups in total. The zero-order chi connectivity index (χ0) is 15.0. The van der Waals surface area contributed by atoms with Crippen molar-refractivity contribution in [3.05, 3.63) is 36.5 Å². The van der Waals surface area contributed by atoms with Crippen LogP contribution in [0.5, 0.6) is 0 Å². The van der Waals surface area contributed by atoms with Crippen LogP contribution in [0.1, 0.15) is 0 Å². The number of para-hydroxylation sites is 1. The third-order valence-corrected chi connectivity index (χ3v) is 4.90. The maximum absolute atomic E-state index is 12.2. The van der Waals surface area contributed by atoms with Gasteiger partial charge in [-0.05, 0) is 18.2 Å². The largest absolute Gasteiger partial charge is 0.279 e. The summed E-state index contributed by atoms with van der Waals surface area (Å²) in [4.78, 5) is -0.300. The number of sulfonamides is 2. The Morgan fingerprint density at radius 3 is 2.35 bits per heavy atom. The first-order chi connectivity index (χ1) is 9.22. The van der Waals surface area contributed by atoms with E-state index in [2.05, 4.69) is 9.82 Å². The Kier molecular flexibility index (Phi) is 3.54. The van der Waals surface area contributed by atoms with Crippen LogP contribution in [-0.2, 0) is 27.1 Å². The predicted octanol–water partition coefficient (Wildman–Crippen LogP) is -0.132. The summed E-state index contributed by atoms with van der Waals surface area (Å²) in [6.07, 6.45) is 1.32. The van der Waals surface area contributed by atoms with E-state index in [1.807, 2.05) is 0 Å². The van der Waals surface area contributed by atoms with E-state index in [4.69, 9.17) is 5.14 Å². The lowest BCUT2D eigenvalue weighted by Gasteiger charge is -2.11. The number of hydrogen-bond donors (Lipinski definition) is 2. The molecule has 1 aromatic carbocycles. The number of primary sulfonamides is 1. The second kappa shape index (κ2) is 4.89. The second-order valence-electron chi connectivity index (χ2n) is 3.94. The van der Waals surface area contributed by atoms with Crippen LogP contribution in [0.25, 0.3) is 0 Å². The Hall–Kier alpha value is -1.91. The lowest BCUT2D eigenvalue weighted by Crippen LogP contribution is -2.20. The molecule has 108 valence electrons. The zero-order valence-electron chi connectivity index (χ0n) is 10.4. The quantitative estimate of drug-likeness (QED) is 0.813. The molecular weight excluding hydrogens is 304 g/mol. The molecule has 0 spiro atoms. The molecule has 10 heteroatoms. The molecule has 0 aliphatic rings. The van der Waals surface area contributed by atoms with Gasteiger partial charge in [-0.3, -0.25) is 9.40 Å². The van der Waals surface area contributed by atoms with E-state index in [0.29, 0.717) is 0 Å². The number of aromatic nitrogens is 2. The molecule has 20 heavy (non-hydrogen) atoms. The number of nitrogens with two attached hydrogens (primary N) is 1. The summed E-state index contributed by atoms with van der Waals surface area (Å²) in [6, 6.07) is 6.77. The molecule has 0 aliphatic carbocycles. The highest BCUT2D eigenvalue weighted by Crippen LogP contribution is 2.22. The van der Waals surface area contributed by atoms with Crippen LogP contribution in [0.4, 0.5) is 5.69 Å². The lowest BCUT2D eigenvalue weighted by atomic mass is 10.3. The molecule has 0 radical (unpaired) electrons. The highest BCUT2D eigenvalue weighted by atomic mass is 32.2. The highest BCUT2D eigenvalue weighted by molar-refractivity contribution is 7.93. The van der Waals surface area contributed by atoms with E-state index in [0.717, 1.165) is 4.68 Å². The van der Waals surface area contributed by atoms with Crippen LogP contribution in [0.3, 0.4) is 0 Å². The maximum Gasteiger partial charge on any atom is 0.279 e. The smallest absolute Gasteiger partial charge is 0.277 e. The standard InChI is InChI=1S/C10H12N4O4S2/c1-14-10(6-7-12-14)20(17,18)13-8-4-2-3-5-9(8)19(11,15)16/h2-7,13H,1H3,(H2,11,15,16). The first-order valence-corrected chi connectivity index (χ1v) is 8.37. The molecule has 2 rings (SSSR count). The van der Waals surface area contributed by atoms with Gasteiger partial charge in [-0.1, -0.05) is 12.1 Å². The van der Waals surface area contributed by atoms with E-state index in [9.17, 15) is 16.8 Å². The number of nitrogens with one attached hydrogen (secondary N) is 1. The van der Waals surface area contributed by atoms with Crippen molar-refractivity contribution in [3.8, 4) is 0 Å². The minimum Gasteiger partial charge on any atom is -0.277 e. The van der Waals surface area contributed by atoms with Gasteiger partial charge in [0.2, 0.25) is 10.0 Å². The van der Waals surface area contributed by atoms with Gasteiger partial charge in [-0.25, -0.2) is 13.6 Å². The van der Waals surface area contributed by atoms with Crippen molar-refractivity contribution in [1.82, 2.24) is 9.78 Å². The van der Waals surface area contributed by atoms with E-state index >= 15 is 0 Å². The third-order valence-electron chi connectivity index (χ3n) is 2.49. The van der Waals surface area contributed by atoms with Gasteiger partial charge in [0.05, 0.1) is 11.9 Å². The van der Waals surface area contributed by atoms with Gasteiger partial charge in [0.1, 0.15) is 4.90 Å². The number of hydrogen-bond acceptors (Lipinski definition) is 5. The molecular formula is C10H12N4O4S2. The van der Waals surface area contributed by atoms with Crippen LogP contribution in [-0.4, -0.2) is 26.6 Å². The van der Waals surface area contributed by atoms with E-state index in [-0.39, 0.29) is 15.6 Å². The Morgan fingerprint density at radius 2 is 1.80 bits per heavy atom. The maximum atomic E-state index is 12.2. The van der Waals surface area contributed by atoms with Crippen LogP contribution < -0.4 is 9.86 Å². The van der Waals surface area contributed by atoms with E-state index < -0.39 is 20.0 Å². The van der Waals surface area contributed by atoms with Gasteiger partial charge < -0.3 is 0 Å². The number of nitrogens with zero attached hydrogens (tertiary/aromatic N) is 2. The molecule has 2 aromatic rings. The monoisotopic (exact) mass is 316 g/mol. The molecule has 0 bridgehead atoms. The van der Waals surface area contributed by atoms with Crippen molar-refractivity contribution in [1.29, 1.82) is 0 Å². The molecule has 1 heterocycles. The predicted molar refractivity (Wildman–Crippen MR) is 71.8 cm³/mol. The minimum atomic E-state index is -4.03. The van der Waals surface area contributed by atoms with Crippen molar-refractivity contribution < 1.29 is 16.8 Å².